The first-order valence-corrected chi connectivity index (χ1v) is 10.4. The molecule has 0 spiro atoms. The molecule has 8 heteroatoms. The fourth-order valence-electron chi connectivity index (χ4n) is 3.91. The van der Waals surface area contributed by atoms with Gasteiger partial charge in [0, 0.05) is 23.5 Å². The van der Waals surface area contributed by atoms with Crippen LogP contribution < -0.4 is 4.74 Å². The van der Waals surface area contributed by atoms with Crippen molar-refractivity contribution < 1.29 is 23.5 Å². The quantitative estimate of drug-likeness (QED) is 0.448. The van der Waals surface area contributed by atoms with E-state index in [1.54, 1.807) is 31.7 Å². The Morgan fingerprint density at radius 1 is 1.12 bits per heavy atom. The molecule has 0 unspecified atom stereocenters. The van der Waals surface area contributed by atoms with Gasteiger partial charge in [-0.25, -0.2) is 9.80 Å². The number of rotatable bonds is 6. The maximum Gasteiger partial charge on any atom is 0.340 e. The molecule has 1 aliphatic rings. The normalized spacial score (nSPS) is 15.5. The molecule has 1 aliphatic heterocycles. The summed E-state index contributed by atoms with van der Waals surface area (Å²) >= 11 is 0. The number of aromatic nitrogens is 1. The van der Waals surface area contributed by atoms with E-state index in [2.05, 4.69) is 10.1 Å². The summed E-state index contributed by atoms with van der Waals surface area (Å²) in [6, 6.07) is 18.0. The molecule has 0 saturated carbocycles. The molecule has 1 atom stereocenters. The van der Waals surface area contributed by atoms with E-state index in [1.807, 2.05) is 48.5 Å². The minimum atomic E-state index is -0.575. The van der Waals surface area contributed by atoms with Crippen molar-refractivity contribution in [3.8, 4) is 5.75 Å². The summed E-state index contributed by atoms with van der Waals surface area (Å²) in [4.78, 5) is 28.7. The summed E-state index contributed by atoms with van der Waals surface area (Å²) in [5.74, 6) is 0.331. The number of ether oxygens (including phenoxy) is 2. The van der Waals surface area contributed by atoms with E-state index in [0.717, 1.165) is 27.9 Å². The first-order valence-electron chi connectivity index (χ1n) is 10.4. The topological polar surface area (TPSA) is 97.1 Å². The number of esters is 1. The van der Waals surface area contributed by atoms with Crippen molar-refractivity contribution in [1.82, 2.24) is 9.99 Å². The molecule has 1 amide bonds. The maximum absolute atomic E-state index is 13.0. The highest BCUT2D eigenvalue weighted by Gasteiger charge is 2.35. The van der Waals surface area contributed by atoms with E-state index < -0.39 is 24.5 Å². The highest BCUT2D eigenvalue weighted by atomic mass is 16.5. The number of hydrazone groups is 1. The zero-order chi connectivity index (χ0) is 22.8. The molecular formula is C25H21N3O5. The lowest BCUT2D eigenvalue weighted by molar-refractivity contribution is -0.136. The van der Waals surface area contributed by atoms with E-state index in [9.17, 15) is 9.59 Å². The lowest BCUT2D eigenvalue weighted by Crippen LogP contribution is -2.31. The monoisotopic (exact) mass is 443 g/mol. The van der Waals surface area contributed by atoms with Crippen molar-refractivity contribution in [3.63, 3.8) is 0 Å². The van der Waals surface area contributed by atoms with E-state index in [-0.39, 0.29) is 0 Å². The van der Waals surface area contributed by atoms with Crippen LogP contribution in [-0.4, -0.2) is 41.3 Å². The highest BCUT2D eigenvalue weighted by Crippen LogP contribution is 2.33. The van der Waals surface area contributed by atoms with Gasteiger partial charge in [0.1, 0.15) is 17.6 Å². The number of amides is 1. The number of carbonyl (C=O) groups excluding carboxylic acids is 2. The summed E-state index contributed by atoms with van der Waals surface area (Å²) in [7, 11) is 1.60. The predicted octanol–water partition coefficient (Wildman–Crippen LogP) is 4.30. The van der Waals surface area contributed by atoms with Gasteiger partial charge in [0.25, 0.3) is 5.91 Å². The molecule has 0 bridgehead atoms. The van der Waals surface area contributed by atoms with Crippen LogP contribution in [0.15, 0.2) is 82.6 Å². The molecule has 8 nitrogen and oxygen atoms in total. The Kier molecular flexibility index (Phi) is 5.40. The second-order valence-corrected chi connectivity index (χ2v) is 7.57. The van der Waals surface area contributed by atoms with Crippen molar-refractivity contribution >= 4 is 28.5 Å². The summed E-state index contributed by atoms with van der Waals surface area (Å²) in [6.07, 6.45) is 3.61. The molecule has 0 saturated heterocycles. The summed E-state index contributed by atoms with van der Waals surface area (Å²) < 4.78 is 16.1. The number of benzene rings is 2. The van der Waals surface area contributed by atoms with Crippen LogP contribution in [0.3, 0.4) is 0 Å². The Labute approximate surface area is 189 Å². The average molecular weight is 443 g/mol. The fraction of sp³-hybridized carbons (Fsp3) is 0.160. The van der Waals surface area contributed by atoms with Crippen molar-refractivity contribution in [2.24, 2.45) is 5.10 Å². The van der Waals surface area contributed by atoms with Crippen LogP contribution in [0.2, 0.25) is 0 Å². The van der Waals surface area contributed by atoms with Crippen molar-refractivity contribution in [3.05, 3.63) is 90.0 Å². The number of hydrogen-bond acceptors (Lipinski definition) is 6. The Morgan fingerprint density at radius 2 is 1.94 bits per heavy atom. The number of nitrogens with zero attached hydrogens (tertiary/aromatic N) is 2. The molecule has 4 aromatic rings. The lowest BCUT2D eigenvalue weighted by atomic mass is 10.0. The minimum absolute atomic E-state index is 0.379. The molecule has 33 heavy (non-hydrogen) atoms. The van der Waals surface area contributed by atoms with E-state index in [4.69, 9.17) is 13.9 Å². The molecular weight excluding hydrogens is 422 g/mol. The molecule has 2 aromatic carbocycles. The fourth-order valence-corrected chi connectivity index (χ4v) is 3.91. The average Bonchev–Trinajstić information content (AvgIpc) is 3.61. The number of nitrogens with one attached hydrogen (secondary N) is 1. The number of H-pyrrole nitrogens is 1. The molecule has 0 radical (unpaired) electrons. The molecule has 0 aliphatic carbocycles. The van der Waals surface area contributed by atoms with Crippen LogP contribution in [0.4, 0.5) is 0 Å². The second kappa shape index (κ2) is 8.66. The van der Waals surface area contributed by atoms with Gasteiger partial charge in [-0.3, -0.25) is 4.79 Å². The van der Waals surface area contributed by atoms with Gasteiger partial charge in [-0.2, -0.15) is 5.10 Å². The summed E-state index contributed by atoms with van der Waals surface area (Å²) in [6.45, 7) is -0.436. The summed E-state index contributed by atoms with van der Waals surface area (Å²) in [5.41, 5.74) is 2.81. The third kappa shape index (κ3) is 3.98. The lowest BCUT2D eigenvalue weighted by Gasteiger charge is -2.19. The molecule has 0 fully saturated rings. The zero-order valence-corrected chi connectivity index (χ0v) is 17.9. The second-order valence-electron chi connectivity index (χ2n) is 7.57. The van der Waals surface area contributed by atoms with Crippen LogP contribution in [0.25, 0.3) is 10.9 Å². The van der Waals surface area contributed by atoms with E-state index >= 15 is 0 Å². The predicted molar refractivity (Wildman–Crippen MR) is 121 cm³/mol. The number of methoxy groups -OCH3 is 1. The Morgan fingerprint density at radius 3 is 2.70 bits per heavy atom. The number of aromatic amines is 1. The number of para-hydroxylation sites is 1. The standard InChI is InChI=1S/C25H21N3O5/c1-31-17-10-8-16(9-11-17)21-13-22(23-7-4-12-32-23)28(27-21)24(29)15-33-25(30)19-14-26-20-6-3-2-5-18(19)20/h2-12,14,22,26H,13,15H2,1H3/t22-/m1/s1. The van der Waals surface area contributed by atoms with E-state index in [0.29, 0.717) is 17.7 Å². The number of fused-ring (bicyclic) bond motifs is 1. The van der Waals surface area contributed by atoms with Gasteiger partial charge < -0.3 is 18.9 Å². The van der Waals surface area contributed by atoms with Crippen LogP contribution in [0.5, 0.6) is 5.75 Å². The molecule has 2 aromatic heterocycles. The smallest absolute Gasteiger partial charge is 0.340 e. The van der Waals surface area contributed by atoms with Crippen LogP contribution in [0.1, 0.15) is 34.1 Å². The van der Waals surface area contributed by atoms with Crippen molar-refractivity contribution in [2.45, 2.75) is 12.5 Å². The van der Waals surface area contributed by atoms with Crippen LogP contribution in [-0.2, 0) is 9.53 Å². The van der Waals surface area contributed by atoms with Gasteiger partial charge in [0.2, 0.25) is 0 Å². The van der Waals surface area contributed by atoms with E-state index in [1.165, 1.54) is 5.01 Å². The Hall–Kier alpha value is -4.33. The zero-order valence-electron chi connectivity index (χ0n) is 17.9. The van der Waals surface area contributed by atoms with Gasteiger partial charge in [-0.1, -0.05) is 18.2 Å². The molecule has 3 heterocycles. The van der Waals surface area contributed by atoms with Crippen LogP contribution in [0, 0.1) is 0 Å². The Balaban J connectivity index is 1.34. The third-order valence-corrected chi connectivity index (χ3v) is 5.60. The van der Waals surface area contributed by atoms with Gasteiger partial charge >= 0.3 is 5.97 Å². The van der Waals surface area contributed by atoms with Crippen LogP contribution >= 0.6 is 0 Å². The largest absolute Gasteiger partial charge is 0.497 e. The Bertz CT molecular complexity index is 1320. The number of furan rings is 1. The number of carbonyl (C=O) groups is 2. The van der Waals surface area contributed by atoms with Gasteiger partial charge in [0.15, 0.2) is 6.61 Å². The highest BCUT2D eigenvalue weighted by molar-refractivity contribution is 6.05. The SMILES string of the molecule is COc1ccc(C2=NN(C(=O)COC(=O)c3c[nH]c4ccccc34)[C@@H](c3ccco3)C2)cc1. The van der Waals surface area contributed by atoms with Crippen molar-refractivity contribution in [1.29, 1.82) is 0 Å². The first kappa shape index (κ1) is 20.6. The third-order valence-electron chi connectivity index (χ3n) is 5.60. The minimum Gasteiger partial charge on any atom is -0.497 e. The molecule has 5 rings (SSSR count). The van der Waals surface area contributed by atoms with Gasteiger partial charge in [-0.05, 0) is 48.0 Å². The molecule has 166 valence electrons. The molecule has 1 N–H and O–H groups in total. The van der Waals surface area contributed by atoms with Gasteiger partial charge in [-0.15, -0.1) is 0 Å². The summed E-state index contributed by atoms with van der Waals surface area (Å²) in [5, 5.41) is 6.62. The van der Waals surface area contributed by atoms with Gasteiger partial charge in [0.05, 0.1) is 24.6 Å². The first-order chi connectivity index (χ1) is 16.1. The van der Waals surface area contributed by atoms with Crippen molar-refractivity contribution in [2.75, 3.05) is 13.7 Å². The number of hydrogen-bond donors (Lipinski definition) is 1. The maximum atomic E-state index is 13.0.